The van der Waals surface area contributed by atoms with Gasteiger partial charge in [-0.3, -0.25) is 10.1 Å². The number of non-ortho nitro benzene ring substituents is 1. The van der Waals surface area contributed by atoms with Gasteiger partial charge in [0.15, 0.2) is 0 Å². The van der Waals surface area contributed by atoms with E-state index >= 15 is 0 Å². The van der Waals surface area contributed by atoms with E-state index in [-0.39, 0.29) is 10.6 Å². The molecule has 0 saturated carbocycles. The Morgan fingerprint density at radius 3 is 2.45 bits per heavy atom. The van der Waals surface area contributed by atoms with Gasteiger partial charge in [-0.25, -0.2) is 13.6 Å². The lowest BCUT2D eigenvalue weighted by Gasteiger charge is -2.12. The van der Waals surface area contributed by atoms with Crippen LogP contribution in [0.5, 0.6) is 0 Å². The molecule has 0 unspecified atom stereocenters. The van der Waals surface area contributed by atoms with E-state index in [9.17, 15) is 18.5 Å². The summed E-state index contributed by atoms with van der Waals surface area (Å²) in [6.07, 6.45) is 2.36. The number of nitro groups is 1. The topological polar surface area (TPSA) is 103 Å². The fourth-order valence-corrected chi connectivity index (χ4v) is 3.86. The van der Waals surface area contributed by atoms with Crippen molar-refractivity contribution in [1.82, 2.24) is 0 Å². The second kappa shape index (κ2) is 7.05. The number of hydrogen-bond acceptors (Lipinski definition) is 5. The molecule has 0 fully saturated rings. The first-order valence-electron chi connectivity index (χ1n) is 6.28. The zero-order valence-electron chi connectivity index (χ0n) is 11.5. The molecular formula is C12H18N2O4S2. The number of nitro benzene ring substituents is 1. The highest BCUT2D eigenvalue weighted by molar-refractivity contribution is 8.00. The number of unbranched alkanes of at least 4 members (excludes halogenated alkanes) is 1. The van der Waals surface area contributed by atoms with E-state index in [4.69, 9.17) is 5.14 Å². The number of nitrogens with two attached hydrogens (primary N) is 1. The highest BCUT2D eigenvalue weighted by Gasteiger charge is 2.22. The lowest BCUT2D eigenvalue weighted by molar-refractivity contribution is -0.385. The summed E-state index contributed by atoms with van der Waals surface area (Å²) in [5.41, 5.74) is 0.442. The quantitative estimate of drug-likeness (QED) is 0.473. The van der Waals surface area contributed by atoms with Gasteiger partial charge >= 0.3 is 0 Å². The minimum absolute atomic E-state index is 0.148. The molecule has 0 aromatic heterocycles. The monoisotopic (exact) mass is 318 g/mol. The fraction of sp³-hybridized carbons (Fsp3) is 0.500. The zero-order valence-corrected chi connectivity index (χ0v) is 13.1. The van der Waals surface area contributed by atoms with E-state index in [0.717, 1.165) is 18.9 Å². The second-order valence-corrected chi connectivity index (χ2v) is 7.07. The van der Waals surface area contributed by atoms with Gasteiger partial charge < -0.3 is 0 Å². The number of sulfonamides is 1. The van der Waals surface area contributed by atoms with Crippen LogP contribution in [0.3, 0.4) is 0 Å². The minimum atomic E-state index is -3.98. The molecule has 0 radical (unpaired) electrons. The van der Waals surface area contributed by atoms with Crippen LogP contribution < -0.4 is 5.14 Å². The van der Waals surface area contributed by atoms with Crippen LogP contribution in [0.15, 0.2) is 21.9 Å². The van der Waals surface area contributed by atoms with Gasteiger partial charge in [-0.15, -0.1) is 11.8 Å². The highest BCUT2D eigenvalue weighted by Crippen LogP contribution is 2.34. The van der Waals surface area contributed by atoms with E-state index in [0.29, 0.717) is 22.6 Å². The number of primary sulfonamides is 1. The van der Waals surface area contributed by atoms with Crippen molar-refractivity contribution in [1.29, 1.82) is 0 Å². The predicted octanol–water partition coefficient (Wildman–Crippen LogP) is 2.70. The minimum Gasteiger partial charge on any atom is -0.258 e. The normalized spacial score (nSPS) is 11.6. The predicted molar refractivity (Wildman–Crippen MR) is 79.5 cm³/mol. The van der Waals surface area contributed by atoms with Crippen LogP contribution in [0.25, 0.3) is 0 Å². The maximum absolute atomic E-state index is 11.7. The fourth-order valence-electron chi connectivity index (χ4n) is 1.82. The molecule has 8 heteroatoms. The Kier molecular flexibility index (Phi) is 5.97. The number of aryl methyl sites for hydroxylation is 1. The molecule has 1 aromatic carbocycles. The zero-order chi connectivity index (χ0) is 15.3. The summed E-state index contributed by atoms with van der Waals surface area (Å²) < 4.78 is 23.3. The smallest absolute Gasteiger partial charge is 0.258 e. The molecule has 0 bridgehead atoms. The largest absolute Gasteiger partial charge is 0.271 e. The molecule has 0 heterocycles. The molecule has 0 aliphatic heterocycles. The summed E-state index contributed by atoms with van der Waals surface area (Å²) in [7, 11) is -3.98. The average Bonchev–Trinajstić information content (AvgIpc) is 2.35. The van der Waals surface area contributed by atoms with Gasteiger partial charge in [-0.2, -0.15) is 0 Å². The molecule has 1 aromatic rings. The molecule has 0 saturated heterocycles. The average molecular weight is 318 g/mol. The molecule has 0 aliphatic carbocycles. The second-order valence-electron chi connectivity index (χ2n) is 4.27. The van der Waals surface area contributed by atoms with Crippen LogP contribution in [0, 0.1) is 10.1 Å². The van der Waals surface area contributed by atoms with Crippen LogP contribution in [0.4, 0.5) is 5.69 Å². The van der Waals surface area contributed by atoms with Crippen molar-refractivity contribution < 1.29 is 13.3 Å². The number of nitrogens with zero attached hydrogens (tertiary/aromatic N) is 1. The SMILES string of the molecule is CCCCc1cc([N+](=O)[O-])cc(S(N)(=O)=O)c1SCC. The number of thioether (sulfide) groups is 1. The van der Waals surface area contributed by atoms with Gasteiger partial charge in [0.2, 0.25) is 10.0 Å². The van der Waals surface area contributed by atoms with E-state index in [1.54, 1.807) is 0 Å². The molecule has 112 valence electrons. The molecule has 6 nitrogen and oxygen atoms in total. The first-order chi connectivity index (χ1) is 9.31. The number of benzene rings is 1. The van der Waals surface area contributed by atoms with Gasteiger partial charge in [-0.1, -0.05) is 20.3 Å². The first kappa shape index (κ1) is 16.9. The Labute approximate surface area is 122 Å². The van der Waals surface area contributed by atoms with Crippen molar-refractivity contribution >= 4 is 27.5 Å². The van der Waals surface area contributed by atoms with E-state index in [1.807, 2.05) is 13.8 Å². The lowest BCUT2D eigenvalue weighted by Crippen LogP contribution is -2.15. The standard InChI is InChI=1S/C12H18N2O4S2/c1-3-5-6-9-7-10(14(15)16)8-11(20(13,17)18)12(9)19-4-2/h7-8H,3-6H2,1-2H3,(H2,13,17,18). The van der Waals surface area contributed by atoms with Gasteiger partial charge in [0.1, 0.15) is 4.90 Å². The molecule has 0 amide bonds. The third-order valence-electron chi connectivity index (χ3n) is 2.72. The van der Waals surface area contributed by atoms with Crippen LogP contribution >= 0.6 is 11.8 Å². The summed E-state index contributed by atoms with van der Waals surface area (Å²) in [5, 5.41) is 16.1. The summed E-state index contributed by atoms with van der Waals surface area (Å²) in [5.74, 6) is 0.666. The van der Waals surface area contributed by atoms with Gasteiger partial charge in [-0.05, 0) is 24.2 Å². The number of rotatable bonds is 7. The van der Waals surface area contributed by atoms with Crippen molar-refractivity contribution in [2.24, 2.45) is 5.14 Å². The molecule has 20 heavy (non-hydrogen) atoms. The molecule has 0 aliphatic rings. The molecule has 0 spiro atoms. The van der Waals surface area contributed by atoms with E-state index in [1.165, 1.54) is 17.8 Å². The van der Waals surface area contributed by atoms with Crippen molar-refractivity contribution in [3.63, 3.8) is 0 Å². The van der Waals surface area contributed by atoms with Gasteiger partial charge in [0.25, 0.3) is 5.69 Å². The summed E-state index contributed by atoms with van der Waals surface area (Å²) in [6.45, 7) is 3.90. The maximum Gasteiger partial charge on any atom is 0.271 e. The Morgan fingerprint density at radius 1 is 1.35 bits per heavy atom. The Balaban J connectivity index is 3.52. The van der Waals surface area contributed by atoms with Crippen LogP contribution in [-0.4, -0.2) is 19.1 Å². The molecular weight excluding hydrogens is 300 g/mol. The summed E-state index contributed by atoms with van der Waals surface area (Å²) in [6, 6.07) is 2.49. The summed E-state index contributed by atoms with van der Waals surface area (Å²) in [4.78, 5) is 10.7. The maximum atomic E-state index is 11.7. The number of hydrogen-bond donors (Lipinski definition) is 1. The van der Waals surface area contributed by atoms with Gasteiger partial charge in [0.05, 0.1) is 4.92 Å². The van der Waals surface area contributed by atoms with Crippen molar-refractivity contribution in [2.45, 2.75) is 42.9 Å². The molecule has 0 atom stereocenters. The first-order valence-corrected chi connectivity index (χ1v) is 8.81. The van der Waals surface area contributed by atoms with E-state index < -0.39 is 14.9 Å². The molecule has 1 rings (SSSR count). The highest BCUT2D eigenvalue weighted by atomic mass is 32.2. The van der Waals surface area contributed by atoms with Crippen molar-refractivity contribution in [3.05, 3.63) is 27.8 Å². The van der Waals surface area contributed by atoms with Crippen LogP contribution in [-0.2, 0) is 16.4 Å². The van der Waals surface area contributed by atoms with Crippen molar-refractivity contribution in [2.75, 3.05) is 5.75 Å². The third-order valence-corrected chi connectivity index (χ3v) is 4.85. The lowest BCUT2D eigenvalue weighted by atomic mass is 10.1. The van der Waals surface area contributed by atoms with Gasteiger partial charge in [0, 0.05) is 17.0 Å². The Morgan fingerprint density at radius 2 is 2.00 bits per heavy atom. The van der Waals surface area contributed by atoms with Crippen LogP contribution in [0.1, 0.15) is 32.3 Å². The van der Waals surface area contributed by atoms with Crippen molar-refractivity contribution in [3.8, 4) is 0 Å². The molecule has 2 N–H and O–H groups in total. The summed E-state index contributed by atoms with van der Waals surface area (Å²) >= 11 is 1.34. The Hall–Kier alpha value is -1.12. The van der Waals surface area contributed by atoms with Crippen LogP contribution in [0.2, 0.25) is 0 Å². The Bertz CT molecular complexity index is 600. The third kappa shape index (κ3) is 4.19. The van der Waals surface area contributed by atoms with E-state index in [2.05, 4.69) is 0 Å².